The summed E-state index contributed by atoms with van der Waals surface area (Å²) in [5.74, 6) is -0.793. The first-order valence-electron chi connectivity index (χ1n) is 6.17. The second-order valence-electron chi connectivity index (χ2n) is 4.69. The number of carbonyl (C=O) groups is 1. The van der Waals surface area contributed by atoms with Crippen LogP contribution in [0.4, 0.5) is 10.2 Å². The summed E-state index contributed by atoms with van der Waals surface area (Å²) in [7, 11) is 0. The van der Waals surface area contributed by atoms with Crippen molar-refractivity contribution in [3.05, 3.63) is 32.9 Å². The molecule has 0 fully saturated rings. The SMILES string of the molecule is CC(=O)n1nc(C(C)C)c(F)c1NCc1ccc(Cl)s1. The van der Waals surface area contributed by atoms with E-state index in [9.17, 15) is 9.18 Å². The first-order valence-corrected chi connectivity index (χ1v) is 7.37. The van der Waals surface area contributed by atoms with Gasteiger partial charge >= 0.3 is 0 Å². The predicted molar refractivity (Wildman–Crippen MR) is 79.2 cm³/mol. The lowest BCUT2D eigenvalue weighted by Gasteiger charge is -2.05. The van der Waals surface area contributed by atoms with Crippen LogP contribution in [0, 0.1) is 5.82 Å². The van der Waals surface area contributed by atoms with Crippen molar-refractivity contribution in [2.45, 2.75) is 33.2 Å². The zero-order chi connectivity index (χ0) is 14.9. The molecule has 0 radical (unpaired) electrons. The standard InChI is InChI=1S/C13H15ClFN3OS/c1-7(2)12-11(15)13(18(17-12)8(3)19)16-6-9-4-5-10(14)20-9/h4-5,7,16H,6H2,1-3H3. The Morgan fingerprint density at radius 2 is 2.25 bits per heavy atom. The Bertz CT molecular complexity index is 636. The summed E-state index contributed by atoms with van der Waals surface area (Å²) in [5, 5.41) is 6.96. The number of carbonyl (C=O) groups excluding carboxylic acids is 1. The van der Waals surface area contributed by atoms with Gasteiger partial charge in [-0.25, -0.2) is 4.39 Å². The minimum absolute atomic E-state index is 0.0904. The van der Waals surface area contributed by atoms with Crippen LogP contribution in [0.25, 0.3) is 0 Å². The van der Waals surface area contributed by atoms with Crippen LogP contribution >= 0.6 is 22.9 Å². The van der Waals surface area contributed by atoms with Crippen LogP contribution < -0.4 is 5.32 Å². The van der Waals surface area contributed by atoms with Crippen molar-refractivity contribution in [2.75, 3.05) is 5.32 Å². The summed E-state index contributed by atoms with van der Waals surface area (Å²) in [6, 6.07) is 3.64. The van der Waals surface area contributed by atoms with Gasteiger partial charge in [-0.1, -0.05) is 25.4 Å². The smallest absolute Gasteiger partial charge is 0.245 e. The lowest BCUT2D eigenvalue weighted by Crippen LogP contribution is -2.13. The third-order valence-corrected chi connectivity index (χ3v) is 3.99. The quantitative estimate of drug-likeness (QED) is 0.922. The monoisotopic (exact) mass is 315 g/mol. The molecule has 20 heavy (non-hydrogen) atoms. The van der Waals surface area contributed by atoms with Crippen molar-refractivity contribution in [3.63, 3.8) is 0 Å². The van der Waals surface area contributed by atoms with Gasteiger partial charge in [0.15, 0.2) is 11.6 Å². The van der Waals surface area contributed by atoms with Gasteiger partial charge in [-0.05, 0) is 12.1 Å². The second-order valence-corrected chi connectivity index (χ2v) is 6.49. The van der Waals surface area contributed by atoms with E-state index in [4.69, 9.17) is 11.6 Å². The summed E-state index contributed by atoms with van der Waals surface area (Å²) in [6.45, 7) is 5.41. The van der Waals surface area contributed by atoms with Crippen molar-refractivity contribution in [3.8, 4) is 0 Å². The van der Waals surface area contributed by atoms with Gasteiger partial charge in [0.05, 0.1) is 10.9 Å². The number of aromatic nitrogens is 2. The van der Waals surface area contributed by atoms with Crippen LogP contribution in [0.1, 0.15) is 42.1 Å². The highest BCUT2D eigenvalue weighted by Gasteiger charge is 2.22. The number of anilines is 1. The van der Waals surface area contributed by atoms with E-state index in [1.165, 1.54) is 18.3 Å². The molecule has 0 aliphatic carbocycles. The normalized spacial score (nSPS) is 11.1. The lowest BCUT2D eigenvalue weighted by molar-refractivity contribution is 0.0923. The van der Waals surface area contributed by atoms with E-state index in [0.29, 0.717) is 10.9 Å². The number of thiophene rings is 1. The summed E-state index contributed by atoms with van der Waals surface area (Å²) < 4.78 is 16.0. The predicted octanol–water partition coefficient (Wildman–Crippen LogP) is 4.13. The third kappa shape index (κ3) is 3.02. The fourth-order valence-corrected chi connectivity index (χ4v) is 2.81. The van der Waals surface area contributed by atoms with E-state index in [1.807, 2.05) is 19.9 Å². The minimum Gasteiger partial charge on any atom is -0.363 e. The highest BCUT2D eigenvalue weighted by atomic mass is 35.5. The van der Waals surface area contributed by atoms with Crippen molar-refractivity contribution in [2.24, 2.45) is 0 Å². The Labute approximate surface area is 125 Å². The lowest BCUT2D eigenvalue weighted by atomic mass is 10.1. The van der Waals surface area contributed by atoms with E-state index in [1.54, 1.807) is 6.07 Å². The van der Waals surface area contributed by atoms with Crippen LogP contribution in [0.15, 0.2) is 12.1 Å². The molecule has 2 aromatic heterocycles. The van der Waals surface area contributed by atoms with Gasteiger partial charge in [0.2, 0.25) is 5.91 Å². The number of hydrogen-bond acceptors (Lipinski definition) is 4. The molecule has 0 unspecified atom stereocenters. The van der Waals surface area contributed by atoms with Gasteiger partial charge in [0.1, 0.15) is 5.69 Å². The van der Waals surface area contributed by atoms with Gasteiger partial charge in [0.25, 0.3) is 0 Å². The molecule has 1 N–H and O–H groups in total. The van der Waals surface area contributed by atoms with Crippen molar-refractivity contribution in [1.82, 2.24) is 9.78 Å². The molecule has 2 rings (SSSR count). The highest BCUT2D eigenvalue weighted by molar-refractivity contribution is 7.16. The Hall–Kier alpha value is -1.40. The molecule has 2 heterocycles. The average molecular weight is 316 g/mol. The first-order chi connectivity index (χ1) is 9.40. The molecule has 0 aromatic carbocycles. The molecule has 0 amide bonds. The summed E-state index contributed by atoms with van der Waals surface area (Å²) in [6.07, 6.45) is 0. The summed E-state index contributed by atoms with van der Waals surface area (Å²) in [4.78, 5) is 12.5. The highest BCUT2D eigenvalue weighted by Crippen LogP contribution is 2.26. The van der Waals surface area contributed by atoms with Gasteiger partial charge in [-0.15, -0.1) is 11.3 Å². The third-order valence-electron chi connectivity index (χ3n) is 2.76. The topological polar surface area (TPSA) is 46.9 Å². The average Bonchev–Trinajstić information content (AvgIpc) is 2.91. The molecule has 2 aromatic rings. The number of rotatable bonds is 4. The van der Waals surface area contributed by atoms with E-state index in [0.717, 1.165) is 9.56 Å². The molecule has 0 atom stereocenters. The fourth-order valence-electron chi connectivity index (χ4n) is 1.78. The number of hydrogen-bond donors (Lipinski definition) is 1. The molecule has 108 valence electrons. The molecular weight excluding hydrogens is 301 g/mol. The fraction of sp³-hybridized carbons (Fsp3) is 0.385. The number of halogens is 2. The van der Waals surface area contributed by atoms with Crippen molar-refractivity contribution >= 4 is 34.7 Å². The number of nitrogens with zero attached hydrogens (tertiary/aromatic N) is 2. The maximum absolute atomic E-state index is 14.3. The Balaban J connectivity index is 2.27. The minimum atomic E-state index is -0.474. The van der Waals surface area contributed by atoms with E-state index < -0.39 is 5.82 Å². The molecule has 4 nitrogen and oxygen atoms in total. The molecule has 0 bridgehead atoms. The van der Waals surface area contributed by atoms with Crippen molar-refractivity contribution < 1.29 is 9.18 Å². The van der Waals surface area contributed by atoms with Crippen LogP contribution in [0.2, 0.25) is 4.34 Å². The van der Waals surface area contributed by atoms with Crippen LogP contribution in [0.5, 0.6) is 0 Å². The van der Waals surface area contributed by atoms with Gasteiger partial charge in [0, 0.05) is 17.7 Å². The molecular formula is C13H15ClFN3OS. The van der Waals surface area contributed by atoms with E-state index >= 15 is 0 Å². The maximum atomic E-state index is 14.3. The van der Waals surface area contributed by atoms with Crippen LogP contribution in [-0.4, -0.2) is 15.7 Å². The van der Waals surface area contributed by atoms with Crippen molar-refractivity contribution in [1.29, 1.82) is 0 Å². The molecule has 0 saturated heterocycles. The second kappa shape index (κ2) is 5.93. The molecule has 0 spiro atoms. The van der Waals surface area contributed by atoms with Crippen LogP contribution in [0.3, 0.4) is 0 Å². The van der Waals surface area contributed by atoms with E-state index in [2.05, 4.69) is 10.4 Å². The Morgan fingerprint density at radius 3 is 2.75 bits per heavy atom. The van der Waals surface area contributed by atoms with Gasteiger partial charge in [-0.2, -0.15) is 9.78 Å². The molecule has 7 heteroatoms. The van der Waals surface area contributed by atoms with Gasteiger partial charge < -0.3 is 5.32 Å². The molecule has 0 aliphatic rings. The summed E-state index contributed by atoms with van der Waals surface area (Å²) in [5.41, 5.74) is 0.284. The largest absolute Gasteiger partial charge is 0.363 e. The molecule has 0 saturated carbocycles. The maximum Gasteiger partial charge on any atom is 0.245 e. The van der Waals surface area contributed by atoms with E-state index in [-0.39, 0.29) is 23.3 Å². The zero-order valence-corrected chi connectivity index (χ0v) is 13.0. The number of nitrogens with one attached hydrogen (secondary N) is 1. The first kappa shape index (κ1) is 15.0. The summed E-state index contributed by atoms with van der Waals surface area (Å²) >= 11 is 7.25. The van der Waals surface area contributed by atoms with Crippen LogP contribution in [-0.2, 0) is 6.54 Å². The molecule has 0 aliphatic heterocycles. The zero-order valence-electron chi connectivity index (χ0n) is 11.4. The van der Waals surface area contributed by atoms with Gasteiger partial charge in [-0.3, -0.25) is 4.79 Å². The Morgan fingerprint density at radius 1 is 1.55 bits per heavy atom. The Kier molecular flexibility index (Phi) is 4.45.